The molecule has 0 radical (unpaired) electrons. The van der Waals surface area contributed by atoms with E-state index in [1.54, 1.807) is 26.0 Å². The van der Waals surface area contributed by atoms with Gasteiger partial charge in [0, 0.05) is 29.2 Å². The number of hydrogen-bond acceptors (Lipinski definition) is 5. The van der Waals surface area contributed by atoms with Crippen molar-refractivity contribution < 1.29 is 14.3 Å². The van der Waals surface area contributed by atoms with Crippen molar-refractivity contribution in [3.63, 3.8) is 0 Å². The van der Waals surface area contributed by atoms with Gasteiger partial charge in [-0.05, 0) is 31.0 Å². The van der Waals surface area contributed by atoms with Crippen LogP contribution in [-0.4, -0.2) is 38.0 Å². The van der Waals surface area contributed by atoms with Crippen LogP contribution in [0.3, 0.4) is 0 Å². The quantitative estimate of drug-likeness (QED) is 0.613. The summed E-state index contributed by atoms with van der Waals surface area (Å²) >= 11 is 1.61. The number of benzene rings is 1. The highest BCUT2D eigenvalue weighted by Crippen LogP contribution is 2.31. The summed E-state index contributed by atoms with van der Waals surface area (Å²) in [7, 11) is 3.22. The number of nitrogens with one attached hydrogen (secondary N) is 1. The Balaban J connectivity index is 0.00000529. The molecule has 0 fully saturated rings. The molecule has 0 bridgehead atoms. The molecule has 1 amide bonds. The van der Waals surface area contributed by atoms with Gasteiger partial charge in [0.1, 0.15) is 0 Å². The second-order valence-electron chi connectivity index (χ2n) is 5.46. The molecule has 0 aliphatic rings. The number of rotatable bonds is 10. The summed E-state index contributed by atoms with van der Waals surface area (Å²) in [6, 6.07) is 5.75. The lowest BCUT2D eigenvalue weighted by Gasteiger charge is -2.26. The van der Waals surface area contributed by atoms with Crippen molar-refractivity contribution in [2.75, 3.05) is 26.5 Å². The molecule has 0 saturated heterocycles. The SMILES string of the molecule is CCC(N)(CC)CNC(=O)CCSc1ccc(OC)c(OC)c1.Cl. The third kappa shape index (κ3) is 7.20. The molecule has 24 heavy (non-hydrogen) atoms. The molecule has 0 spiro atoms. The fourth-order valence-electron chi connectivity index (χ4n) is 2.03. The molecule has 3 N–H and O–H groups in total. The summed E-state index contributed by atoms with van der Waals surface area (Å²) in [5.41, 5.74) is 5.88. The van der Waals surface area contributed by atoms with E-state index in [0.29, 0.717) is 30.2 Å². The van der Waals surface area contributed by atoms with Crippen molar-refractivity contribution >= 4 is 30.1 Å². The van der Waals surface area contributed by atoms with E-state index < -0.39 is 0 Å². The van der Waals surface area contributed by atoms with Crippen molar-refractivity contribution in [1.82, 2.24) is 5.32 Å². The van der Waals surface area contributed by atoms with Gasteiger partial charge in [-0.25, -0.2) is 0 Å². The number of halogens is 1. The van der Waals surface area contributed by atoms with Gasteiger partial charge in [-0.15, -0.1) is 24.2 Å². The van der Waals surface area contributed by atoms with Crippen LogP contribution in [0.2, 0.25) is 0 Å². The number of carbonyl (C=O) groups excluding carboxylic acids is 1. The largest absolute Gasteiger partial charge is 0.493 e. The Bertz CT molecular complexity index is 511. The Labute approximate surface area is 155 Å². The fourth-order valence-corrected chi connectivity index (χ4v) is 2.91. The third-order valence-electron chi connectivity index (χ3n) is 4.00. The van der Waals surface area contributed by atoms with E-state index in [-0.39, 0.29) is 23.9 Å². The Morgan fingerprint density at radius 1 is 1.21 bits per heavy atom. The molecule has 0 atom stereocenters. The summed E-state index contributed by atoms with van der Waals surface area (Å²) in [5, 5.41) is 2.93. The van der Waals surface area contributed by atoms with E-state index in [9.17, 15) is 4.79 Å². The highest BCUT2D eigenvalue weighted by molar-refractivity contribution is 7.99. The van der Waals surface area contributed by atoms with Crippen LogP contribution in [0, 0.1) is 0 Å². The van der Waals surface area contributed by atoms with E-state index in [1.807, 2.05) is 32.0 Å². The fraction of sp³-hybridized carbons (Fsp3) is 0.588. The Morgan fingerprint density at radius 3 is 2.38 bits per heavy atom. The predicted molar refractivity (Wildman–Crippen MR) is 103 cm³/mol. The van der Waals surface area contributed by atoms with Gasteiger partial charge in [-0.1, -0.05) is 13.8 Å². The summed E-state index contributed by atoms with van der Waals surface area (Å²) < 4.78 is 10.5. The number of nitrogens with two attached hydrogens (primary N) is 1. The Kier molecular flexibility index (Phi) is 10.9. The average Bonchev–Trinajstić information content (AvgIpc) is 2.59. The summed E-state index contributed by atoms with van der Waals surface area (Å²) in [4.78, 5) is 13.0. The standard InChI is InChI=1S/C17H28N2O3S.ClH/c1-5-17(18,6-2)12-19-16(20)9-10-23-13-7-8-14(21-3)15(11-13)22-4;/h7-8,11H,5-6,9-10,12,18H2,1-4H3,(H,19,20);1H. The van der Waals surface area contributed by atoms with Crippen LogP contribution in [-0.2, 0) is 4.79 Å². The van der Waals surface area contributed by atoms with E-state index >= 15 is 0 Å². The van der Waals surface area contributed by atoms with Crippen LogP contribution in [0.25, 0.3) is 0 Å². The zero-order valence-electron chi connectivity index (χ0n) is 14.9. The van der Waals surface area contributed by atoms with Gasteiger partial charge in [0.2, 0.25) is 5.91 Å². The zero-order valence-corrected chi connectivity index (χ0v) is 16.5. The molecular formula is C17H29ClN2O3S. The Hall–Kier alpha value is -1.11. The molecule has 1 aromatic carbocycles. The molecule has 0 aliphatic carbocycles. The first-order chi connectivity index (χ1) is 11.0. The number of ether oxygens (including phenoxy) is 2. The van der Waals surface area contributed by atoms with Crippen LogP contribution in [0.1, 0.15) is 33.1 Å². The van der Waals surface area contributed by atoms with Crippen molar-refractivity contribution in [2.45, 2.75) is 43.5 Å². The summed E-state index contributed by atoms with van der Waals surface area (Å²) in [6.45, 7) is 4.62. The van der Waals surface area contributed by atoms with Gasteiger partial charge >= 0.3 is 0 Å². The molecule has 0 unspecified atom stereocenters. The van der Waals surface area contributed by atoms with Crippen molar-refractivity contribution in [3.8, 4) is 11.5 Å². The topological polar surface area (TPSA) is 73.6 Å². The smallest absolute Gasteiger partial charge is 0.220 e. The third-order valence-corrected chi connectivity index (χ3v) is 4.99. The van der Waals surface area contributed by atoms with Gasteiger partial charge in [-0.3, -0.25) is 4.79 Å². The molecule has 7 heteroatoms. The van der Waals surface area contributed by atoms with E-state index in [2.05, 4.69) is 5.32 Å². The predicted octanol–water partition coefficient (Wildman–Crippen LogP) is 3.24. The van der Waals surface area contributed by atoms with Gasteiger partial charge in [0.05, 0.1) is 14.2 Å². The van der Waals surface area contributed by atoms with Gasteiger partial charge < -0.3 is 20.5 Å². The van der Waals surface area contributed by atoms with E-state index in [4.69, 9.17) is 15.2 Å². The van der Waals surface area contributed by atoms with Crippen molar-refractivity contribution in [1.29, 1.82) is 0 Å². The summed E-state index contributed by atoms with van der Waals surface area (Å²) in [5.74, 6) is 2.14. The van der Waals surface area contributed by atoms with Crippen LogP contribution >= 0.6 is 24.2 Å². The van der Waals surface area contributed by atoms with Crippen LogP contribution in [0.5, 0.6) is 11.5 Å². The lowest BCUT2D eigenvalue weighted by atomic mass is 9.94. The Morgan fingerprint density at radius 2 is 1.83 bits per heavy atom. The molecule has 1 rings (SSSR count). The first-order valence-electron chi connectivity index (χ1n) is 7.88. The monoisotopic (exact) mass is 376 g/mol. The number of thioether (sulfide) groups is 1. The minimum Gasteiger partial charge on any atom is -0.493 e. The highest BCUT2D eigenvalue weighted by Gasteiger charge is 2.20. The van der Waals surface area contributed by atoms with Crippen LogP contribution < -0.4 is 20.5 Å². The summed E-state index contributed by atoms with van der Waals surface area (Å²) in [6.07, 6.45) is 2.16. The van der Waals surface area contributed by atoms with Crippen molar-refractivity contribution in [3.05, 3.63) is 18.2 Å². The lowest BCUT2D eigenvalue weighted by molar-refractivity contribution is -0.120. The van der Waals surface area contributed by atoms with Gasteiger partial charge in [-0.2, -0.15) is 0 Å². The van der Waals surface area contributed by atoms with Crippen molar-refractivity contribution in [2.24, 2.45) is 5.73 Å². The first-order valence-corrected chi connectivity index (χ1v) is 8.87. The molecule has 1 aromatic rings. The zero-order chi connectivity index (χ0) is 17.3. The maximum atomic E-state index is 11.9. The van der Waals surface area contributed by atoms with Crippen LogP contribution in [0.15, 0.2) is 23.1 Å². The highest BCUT2D eigenvalue weighted by atomic mass is 35.5. The second kappa shape index (κ2) is 11.4. The normalized spacial score (nSPS) is 10.7. The lowest BCUT2D eigenvalue weighted by Crippen LogP contribution is -2.49. The molecule has 0 heterocycles. The molecule has 5 nitrogen and oxygen atoms in total. The van der Waals surface area contributed by atoms with Crippen LogP contribution in [0.4, 0.5) is 0 Å². The molecule has 138 valence electrons. The molecular weight excluding hydrogens is 348 g/mol. The minimum absolute atomic E-state index is 0. The molecule has 0 aromatic heterocycles. The van der Waals surface area contributed by atoms with E-state index in [0.717, 1.165) is 17.7 Å². The maximum Gasteiger partial charge on any atom is 0.220 e. The number of hydrogen-bond donors (Lipinski definition) is 2. The number of amides is 1. The average molecular weight is 377 g/mol. The van der Waals surface area contributed by atoms with E-state index in [1.165, 1.54) is 0 Å². The number of methoxy groups -OCH3 is 2. The maximum absolute atomic E-state index is 11.9. The molecule has 0 saturated carbocycles. The minimum atomic E-state index is -0.299. The van der Waals surface area contributed by atoms with Gasteiger partial charge in [0.25, 0.3) is 0 Å². The second-order valence-corrected chi connectivity index (χ2v) is 6.63. The molecule has 0 aliphatic heterocycles. The number of carbonyl (C=O) groups is 1. The first kappa shape index (κ1) is 22.9. The van der Waals surface area contributed by atoms with Gasteiger partial charge in [0.15, 0.2) is 11.5 Å².